The van der Waals surface area contributed by atoms with Crippen molar-refractivity contribution in [3.05, 3.63) is 33.5 Å². The van der Waals surface area contributed by atoms with Crippen LogP contribution >= 0.6 is 22.7 Å². The Labute approximate surface area is 135 Å². The molecule has 0 saturated carbocycles. The van der Waals surface area contributed by atoms with Crippen molar-refractivity contribution >= 4 is 39.6 Å². The third kappa shape index (κ3) is 3.34. The quantitative estimate of drug-likeness (QED) is 0.925. The van der Waals surface area contributed by atoms with Gasteiger partial charge in [0.2, 0.25) is 5.91 Å². The molecule has 2 aromatic heterocycles. The van der Waals surface area contributed by atoms with Crippen molar-refractivity contribution in [3.63, 3.8) is 0 Å². The van der Waals surface area contributed by atoms with Crippen molar-refractivity contribution < 1.29 is 14.3 Å². The molecule has 1 N–H and O–H groups in total. The van der Waals surface area contributed by atoms with Crippen LogP contribution in [0.2, 0.25) is 0 Å². The largest absolute Gasteiger partial charge is 0.369 e. The Bertz CT molecular complexity index is 669. The maximum absolute atomic E-state index is 12.4. The topological polar surface area (TPSA) is 71.5 Å². The van der Waals surface area contributed by atoms with Gasteiger partial charge in [-0.1, -0.05) is 6.07 Å². The SMILES string of the molecule is Cc1csc(NC(=O)C2COCC(=O)N2Cc2cccs2)n1. The highest BCUT2D eigenvalue weighted by Crippen LogP contribution is 2.20. The average Bonchev–Trinajstić information content (AvgIpc) is 3.13. The minimum absolute atomic E-state index is 0.0194. The van der Waals surface area contributed by atoms with Crippen LogP contribution in [0.1, 0.15) is 10.6 Å². The van der Waals surface area contributed by atoms with E-state index in [4.69, 9.17) is 4.74 Å². The predicted molar refractivity (Wildman–Crippen MR) is 85.0 cm³/mol. The van der Waals surface area contributed by atoms with E-state index in [2.05, 4.69) is 10.3 Å². The molecular formula is C14H15N3O3S2. The fourth-order valence-electron chi connectivity index (χ4n) is 2.19. The van der Waals surface area contributed by atoms with E-state index in [0.717, 1.165) is 10.6 Å². The van der Waals surface area contributed by atoms with Gasteiger partial charge < -0.3 is 15.0 Å². The second kappa shape index (κ2) is 6.55. The van der Waals surface area contributed by atoms with Gasteiger partial charge in [-0.25, -0.2) is 4.98 Å². The second-order valence-corrected chi connectivity index (χ2v) is 6.81. The summed E-state index contributed by atoms with van der Waals surface area (Å²) in [4.78, 5) is 31.4. The van der Waals surface area contributed by atoms with Gasteiger partial charge in [0.1, 0.15) is 12.6 Å². The van der Waals surface area contributed by atoms with E-state index in [-0.39, 0.29) is 25.0 Å². The van der Waals surface area contributed by atoms with E-state index in [1.807, 2.05) is 29.8 Å². The molecule has 0 bridgehead atoms. The lowest BCUT2D eigenvalue weighted by molar-refractivity contribution is -0.153. The number of aromatic nitrogens is 1. The Hall–Kier alpha value is -1.77. The first-order valence-corrected chi connectivity index (χ1v) is 8.52. The van der Waals surface area contributed by atoms with Crippen LogP contribution in [0.4, 0.5) is 5.13 Å². The molecule has 0 radical (unpaired) electrons. The molecule has 6 nitrogen and oxygen atoms in total. The number of nitrogens with zero attached hydrogens (tertiary/aromatic N) is 2. The average molecular weight is 337 g/mol. The number of nitrogens with one attached hydrogen (secondary N) is 1. The lowest BCUT2D eigenvalue weighted by atomic mass is 10.2. The van der Waals surface area contributed by atoms with Crippen LogP contribution in [0.3, 0.4) is 0 Å². The van der Waals surface area contributed by atoms with Gasteiger partial charge in [0.15, 0.2) is 5.13 Å². The lowest BCUT2D eigenvalue weighted by Gasteiger charge is -2.33. The van der Waals surface area contributed by atoms with Gasteiger partial charge in [-0.2, -0.15) is 0 Å². The van der Waals surface area contributed by atoms with Crippen LogP contribution in [-0.4, -0.2) is 41.0 Å². The highest BCUT2D eigenvalue weighted by Gasteiger charge is 2.34. The van der Waals surface area contributed by atoms with Gasteiger partial charge in [-0.3, -0.25) is 9.59 Å². The third-order valence-corrected chi connectivity index (χ3v) is 4.99. The van der Waals surface area contributed by atoms with Crippen molar-refractivity contribution in [2.75, 3.05) is 18.5 Å². The van der Waals surface area contributed by atoms with Crippen molar-refractivity contribution in [1.82, 2.24) is 9.88 Å². The molecule has 3 heterocycles. The van der Waals surface area contributed by atoms with Gasteiger partial charge in [-0.05, 0) is 18.4 Å². The van der Waals surface area contributed by atoms with E-state index in [9.17, 15) is 9.59 Å². The summed E-state index contributed by atoms with van der Waals surface area (Å²) in [5, 5.41) is 7.11. The summed E-state index contributed by atoms with van der Waals surface area (Å²) in [5.74, 6) is -0.436. The number of hydrogen-bond donors (Lipinski definition) is 1. The fraction of sp³-hybridized carbons (Fsp3) is 0.357. The number of hydrogen-bond acceptors (Lipinski definition) is 6. The van der Waals surface area contributed by atoms with Gasteiger partial charge in [0.25, 0.3) is 5.91 Å². The highest BCUT2D eigenvalue weighted by molar-refractivity contribution is 7.13. The number of thiazole rings is 1. The van der Waals surface area contributed by atoms with Gasteiger partial charge in [0, 0.05) is 10.3 Å². The number of carbonyl (C=O) groups is 2. The summed E-state index contributed by atoms with van der Waals surface area (Å²) in [6.45, 7) is 2.51. The predicted octanol–water partition coefficient (Wildman–Crippen LogP) is 1.88. The van der Waals surface area contributed by atoms with E-state index < -0.39 is 6.04 Å². The number of morpholine rings is 1. The lowest BCUT2D eigenvalue weighted by Crippen LogP contribution is -2.54. The first-order chi connectivity index (χ1) is 10.6. The minimum Gasteiger partial charge on any atom is -0.369 e. The Morgan fingerprint density at radius 3 is 3.09 bits per heavy atom. The Morgan fingerprint density at radius 2 is 2.41 bits per heavy atom. The number of rotatable bonds is 4. The summed E-state index contributed by atoms with van der Waals surface area (Å²) in [6, 6.07) is 3.25. The van der Waals surface area contributed by atoms with Crippen LogP contribution in [-0.2, 0) is 20.9 Å². The second-order valence-electron chi connectivity index (χ2n) is 4.92. The van der Waals surface area contributed by atoms with Crippen molar-refractivity contribution in [1.29, 1.82) is 0 Å². The standard InChI is InChI=1S/C14H15N3O3S2/c1-9-8-22-14(15-9)16-13(19)11-6-20-7-12(18)17(11)5-10-3-2-4-21-10/h2-4,8,11H,5-7H2,1H3,(H,15,16,19). The molecule has 2 amide bonds. The summed E-state index contributed by atoms with van der Waals surface area (Å²) in [5.41, 5.74) is 0.853. The Kier molecular flexibility index (Phi) is 4.51. The molecular weight excluding hydrogens is 322 g/mol. The van der Waals surface area contributed by atoms with Gasteiger partial charge in [-0.15, -0.1) is 22.7 Å². The highest BCUT2D eigenvalue weighted by atomic mass is 32.1. The number of anilines is 1. The first kappa shape index (κ1) is 15.1. The third-order valence-electron chi connectivity index (χ3n) is 3.26. The van der Waals surface area contributed by atoms with Crippen LogP contribution < -0.4 is 5.32 Å². The maximum Gasteiger partial charge on any atom is 0.251 e. The number of carbonyl (C=O) groups excluding carboxylic acids is 2. The zero-order valence-corrected chi connectivity index (χ0v) is 13.6. The number of aryl methyl sites for hydroxylation is 1. The summed E-state index contributed by atoms with van der Waals surface area (Å²) >= 11 is 2.93. The molecule has 22 heavy (non-hydrogen) atoms. The molecule has 116 valence electrons. The maximum atomic E-state index is 12.4. The van der Waals surface area contributed by atoms with Crippen molar-refractivity contribution in [2.24, 2.45) is 0 Å². The van der Waals surface area contributed by atoms with Crippen molar-refractivity contribution in [2.45, 2.75) is 19.5 Å². The fourth-order valence-corrected chi connectivity index (χ4v) is 3.58. The molecule has 1 saturated heterocycles. The minimum atomic E-state index is -0.632. The van der Waals surface area contributed by atoms with Crippen molar-refractivity contribution in [3.8, 4) is 0 Å². The normalized spacial score (nSPS) is 18.5. The molecule has 0 aliphatic carbocycles. The van der Waals surface area contributed by atoms with E-state index in [1.54, 1.807) is 16.2 Å². The molecule has 1 fully saturated rings. The Balaban J connectivity index is 1.73. The monoisotopic (exact) mass is 337 g/mol. The number of thiophene rings is 1. The zero-order valence-electron chi connectivity index (χ0n) is 11.9. The molecule has 0 aromatic carbocycles. The van der Waals surface area contributed by atoms with Crippen LogP contribution in [0.25, 0.3) is 0 Å². The number of amides is 2. The molecule has 3 rings (SSSR count). The molecule has 0 spiro atoms. The molecule has 1 aliphatic rings. The van der Waals surface area contributed by atoms with Gasteiger partial charge in [0.05, 0.1) is 18.8 Å². The van der Waals surface area contributed by atoms with Crippen LogP contribution in [0.15, 0.2) is 22.9 Å². The summed E-state index contributed by atoms with van der Waals surface area (Å²) < 4.78 is 5.24. The molecule has 1 unspecified atom stereocenters. The molecule has 2 aromatic rings. The number of ether oxygens (including phenoxy) is 1. The first-order valence-electron chi connectivity index (χ1n) is 6.76. The van der Waals surface area contributed by atoms with E-state index in [0.29, 0.717) is 11.7 Å². The van der Waals surface area contributed by atoms with Crippen LogP contribution in [0, 0.1) is 6.92 Å². The molecule has 1 aliphatic heterocycles. The van der Waals surface area contributed by atoms with E-state index >= 15 is 0 Å². The molecule has 1 atom stereocenters. The molecule has 8 heteroatoms. The smallest absolute Gasteiger partial charge is 0.251 e. The Morgan fingerprint density at radius 1 is 1.55 bits per heavy atom. The summed E-state index contributed by atoms with van der Waals surface area (Å²) in [6.07, 6.45) is 0. The van der Waals surface area contributed by atoms with Crippen LogP contribution in [0.5, 0.6) is 0 Å². The van der Waals surface area contributed by atoms with E-state index in [1.165, 1.54) is 11.3 Å². The summed E-state index contributed by atoms with van der Waals surface area (Å²) in [7, 11) is 0. The zero-order chi connectivity index (χ0) is 15.5. The van der Waals surface area contributed by atoms with Gasteiger partial charge >= 0.3 is 0 Å².